The van der Waals surface area contributed by atoms with Gasteiger partial charge in [0.2, 0.25) is 0 Å². The van der Waals surface area contributed by atoms with E-state index in [1.54, 1.807) is 0 Å². The Morgan fingerprint density at radius 3 is 2.50 bits per heavy atom. The fourth-order valence-electron chi connectivity index (χ4n) is 1.25. The van der Waals surface area contributed by atoms with Crippen molar-refractivity contribution in [2.75, 3.05) is 26.0 Å². The van der Waals surface area contributed by atoms with Crippen molar-refractivity contribution in [1.29, 1.82) is 0 Å². The second-order valence-corrected chi connectivity index (χ2v) is 3.00. The highest BCUT2D eigenvalue weighted by molar-refractivity contribution is 5.52. The van der Waals surface area contributed by atoms with Gasteiger partial charge in [-0.05, 0) is 11.6 Å². The average Bonchev–Trinajstić information content (AvgIpc) is 2.05. The minimum absolute atomic E-state index is 0.800. The third-order valence-electron chi connectivity index (χ3n) is 1.80. The van der Waals surface area contributed by atoms with Crippen molar-refractivity contribution in [1.82, 2.24) is 5.32 Å². The van der Waals surface area contributed by atoms with Gasteiger partial charge in [0, 0.05) is 33.4 Å². The molecule has 0 spiro atoms. The van der Waals surface area contributed by atoms with E-state index in [9.17, 15) is 0 Å². The van der Waals surface area contributed by atoms with Gasteiger partial charge in [0.05, 0.1) is 0 Å². The van der Waals surface area contributed by atoms with Crippen LogP contribution in [0.2, 0.25) is 0 Å². The molecule has 1 rings (SSSR count). The van der Waals surface area contributed by atoms with Crippen LogP contribution >= 0.6 is 0 Å². The first-order valence-corrected chi connectivity index (χ1v) is 4.06. The quantitative estimate of drug-likeness (QED) is 0.660. The predicted molar refractivity (Wildman–Crippen MR) is 52.5 cm³/mol. The number of rotatable bonds is 3. The summed E-state index contributed by atoms with van der Waals surface area (Å²) in [7, 11) is 5.94. The van der Waals surface area contributed by atoms with Crippen molar-refractivity contribution in [3.63, 3.8) is 0 Å². The molecule has 0 fully saturated rings. The van der Waals surface area contributed by atoms with Crippen LogP contribution in [0.3, 0.4) is 0 Å². The molecular formula is C10H15N2. The molecule has 0 heterocycles. The predicted octanol–water partition coefficient (Wildman–Crippen LogP) is 1.49. The van der Waals surface area contributed by atoms with Gasteiger partial charge in [-0.25, -0.2) is 5.32 Å². The number of hydrogen-bond donors (Lipinski definition) is 0. The summed E-state index contributed by atoms with van der Waals surface area (Å²) in [6.07, 6.45) is 0. The molecule has 0 saturated heterocycles. The van der Waals surface area contributed by atoms with Crippen LogP contribution in [0.1, 0.15) is 5.56 Å². The molecule has 65 valence electrons. The summed E-state index contributed by atoms with van der Waals surface area (Å²) >= 11 is 0. The zero-order valence-corrected chi connectivity index (χ0v) is 7.91. The Balaban J connectivity index is 2.92. The normalized spacial score (nSPS) is 9.92. The molecule has 0 N–H and O–H groups in total. The number of hydrogen-bond acceptors (Lipinski definition) is 1. The monoisotopic (exact) mass is 163 g/mol. The van der Waals surface area contributed by atoms with E-state index in [2.05, 4.69) is 42.5 Å². The van der Waals surface area contributed by atoms with Crippen molar-refractivity contribution >= 4 is 5.69 Å². The Morgan fingerprint density at radius 2 is 1.92 bits per heavy atom. The zero-order valence-electron chi connectivity index (χ0n) is 7.91. The van der Waals surface area contributed by atoms with E-state index >= 15 is 0 Å². The Labute approximate surface area is 74.2 Å². The van der Waals surface area contributed by atoms with Crippen LogP contribution in [-0.4, -0.2) is 21.1 Å². The van der Waals surface area contributed by atoms with Crippen molar-refractivity contribution < 1.29 is 0 Å². The second kappa shape index (κ2) is 4.12. The molecule has 1 aromatic rings. The van der Waals surface area contributed by atoms with E-state index < -0.39 is 0 Å². The molecule has 1 radical (unpaired) electrons. The average molecular weight is 163 g/mol. The van der Waals surface area contributed by atoms with E-state index in [-0.39, 0.29) is 0 Å². The van der Waals surface area contributed by atoms with Crippen LogP contribution in [0.25, 0.3) is 0 Å². The van der Waals surface area contributed by atoms with Crippen LogP contribution < -0.4 is 10.2 Å². The summed E-state index contributed by atoms with van der Waals surface area (Å²) in [6, 6.07) is 8.32. The topological polar surface area (TPSA) is 17.3 Å². The highest BCUT2D eigenvalue weighted by Crippen LogP contribution is 2.17. The van der Waals surface area contributed by atoms with E-state index in [1.807, 2.05) is 13.1 Å². The number of anilines is 1. The zero-order chi connectivity index (χ0) is 8.97. The van der Waals surface area contributed by atoms with Gasteiger partial charge in [-0.2, -0.15) is 0 Å². The lowest BCUT2D eigenvalue weighted by molar-refractivity contribution is 0.797. The lowest BCUT2D eigenvalue weighted by atomic mass is 10.1. The molecule has 12 heavy (non-hydrogen) atoms. The molecule has 0 amide bonds. The molecule has 0 unspecified atom stereocenters. The number of benzene rings is 1. The lowest BCUT2D eigenvalue weighted by Gasteiger charge is -2.16. The third-order valence-corrected chi connectivity index (χ3v) is 1.80. The summed E-state index contributed by atoms with van der Waals surface area (Å²) in [4.78, 5) is 2.11. The van der Waals surface area contributed by atoms with Crippen LogP contribution in [0.4, 0.5) is 5.69 Å². The van der Waals surface area contributed by atoms with Crippen molar-refractivity contribution in [3.05, 3.63) is 29.8 Å². The maximum atomic E-state index is 4.12. The smallest absolute Gasteiger partial charge is 0.0407 e. The van der Waals surface area contributed by atoms with Gasteiger partial charge < -0.3 is 4.90 Å². The molecule has 2 heteroatoms. The second-order valence-electron chi connectivity index (χ2n) is 3.00. The fraction of sp³-hybridized carbons (Fsp3) is 0.400. The minimum atomic E-state index is 0.800. The molecule has 0 aliphatic carbocycles. The molecular weight excluding hydrogens is 148 g/mol. The highest BCUT2D eigenvalue weighted by atomic mass is 15.1. The number of nitrogens with zero attached hydrogens (tertiary/aromatic N) is 2. The van der Waals surface area contributed by atoms with Crippen LogP contribution in [-0.2, 0) is 6.54 Å². The lowest BCUT2D eigenvalue weighted by Crippen LogP contribution is -2.12. The minimum Gasteiger partial charge on any atom is -0.377 e. The van der Waals surface area contributed by atoms with Gasteiger partial charge in [-0.1, -0.05) is 18.2 Å². The Bertz CT molecular complexity index is 243. The maximum Gasteiger partial charge on any atom is 0.0407 e. The summed E-state index contributed by atoms with van der Waals surface area (Å²) in [5.41, 5.74) is 2.54. The SMILES string of the molecule is C[N]Cc1ccccc1N(C)C. The van der Waals surface area contributed by atoms with Crippen molar-refractivity contribution in [2.45, 2.75) is 6.54 Å². The molecule has 2 nitrogen and oxygen atoms in total. The number of para-hydroxylation sites is 1. The Hall–Kier alpha value is -1.02. The summed E-state index contributed by atoms with van der Waals surface area (Å²) in [5, 5.41) is 4.12. The maximum absolute atomic E-state index is 4.12. The summed E-state index contributed by atoms with van der Waals surface area (Å²) < 4.78 is 0. The molecule has 0 saturated carbocycles. The van der Waals surface area contributed by atoms with Gasteiger partial charge in [0.1, 0.15) is 0 Å². The van der Waals surface area contributed by atoms with E-state index in [4.69, 9.17) is 0 Å². The van der Waals surface area contributed by atoms with Crippen LogP contribution in [0.15, 0.2) is 24.3 Å². The van der Waals surface area contributed by atoms with E-state index in [1.165, 1.54) is 11.3 Å². The first-order valence-electron chi connectivity index (χ1n) is 4.06. The standard InChI is InChI=1S/C10H15N2/c1-11-8-9-6-4-5-7-10(9)12(2)3/h4-7H,8H2,1-3H3. The first kappa shape index (κ1) is 9.07. The molecule has 0 aromatic heterocycles. The summed E-state index contributed by atoms with van der Waals surface area (Å²) in [5.74, 6) is 0. The van der Waals surface area contributed by atoms with Gasteiger partial charge in [0.15, 0.2) is 0 Å². The van der Waals surface area contributed by atoms with E-state index in [0.717, 1.165) is 6.54 Å². The first-order chi connectivity index (χ1) is 5.75. The molecule has 0 aliphatic heterocycles. The Morgan fingerprint density at radius 1 is 1.25 bits per heavy atom. The van der Waals surface area contributed by atoms with Crippen LogP contribution in [0, 0.1) is 0 Å². The summed E-state index contributed by atoms with van der Waals surface area (Å²) in [6.45, 7) is 0.800. The van der Waals surface area contributed by atoms with Crippen molar-refractivity contribution in [2.24, 2.45) is 0 Å². The molecule has 0 aliphatic rings. The van der Waals surface area contributed by atoms with Gasteiger partial charge >= 0.3 is 0 Å². The third kappa shape index (κ3) is 1.98. The fourth-order valence-corrected chi connectivity index (χ4v) is 1.25. The highest BCUT2D eigenvalue weighted by Gasteiger charge is 2.01. The largest absolute Gasteiger partial charge is 0.377 e. The van der Waals surface area contributed by atoms with Crippen LogP contribution in [0.5, 0.6) is 0 Å². The van der Waals surface area contributed by atoms with Gasteiger partial charge in [0.25, 0.3) is 0 Å². The molecule has 0 bridgehead atoms. The van der Waals surface area contributed by atoms with Gasteiger partial charge in [-0.15, -0.1) is 0 Å². The van der Waals surface area contributed by atoms with Gasteiger partial charge in [-0.3, -0.25) is 0 Å². The van der Waals surface area contributed by atoms with E-state index in [0.29, 0.717) is 0 Å². The molecule has 0 atom stereocenters. The van der Waals surface area contributed by atoms with Crippen molar-refractivity contribution in [3.8, 4) is 0 Å². The molecule has 1 aromatic carbocycles. The Kier molecular flexibility index (Phi) is 3.11.